The van der Waals surface area contributed by atoms with Crippen molar-refractivity contribution in [3.05, 3.63) is 136 Å². The van der Waals surface area contributed by atoms with Crippen molar-refractivity contribution in [3.8, 4) is 0 Å². The number of rotatable bonds is 1. The molecular weight excluding hydrogens is 1430 g/mol. The lowest BCUT2D eigenvalue weighted by atomic mass is 9.88. The monoisotopic (exact) mass is 1520 g/mol. The molecule has 0 saturated carbocycles. The zero-order valence-electron chi connectivity index (χ0n) is 60.8. The van der Waals surface area contributed by atoms with Crippen molar-refractivity contribution >= 4 is 176 Å². The minimum absolute atomic E-state index is 0.0452. The topological polar surface area (TPSA) is 155 Å². The molecule has 0 aromatic carbocycles. The molecule has 0 saturated heterocycles. The van der Waals surface area contributed by atoms with E-state index in [0.717, 1.165) is 72.3 Å². The molecule has 8 aromatic heterocycles. The quantitative estimate of drug-likeness (QED) is 0.145. The SMILES string of the molecule is CC(=O)N1CC(C)(C)c2cscc21.CC1(C)CN(C=O)c2cscc21.CN1C(=O)C(C)(C)c2cscc21.CN1CC(C)(C)c2cscc21.CN1Cc2cscc2C1(C)C.CN1c2cscc2C(C)(C)S1(=O)=O.CN1c2cscc2C(C)(C)S1=O.COC(=O)N1CC(C)(C)c2cscc21. The summed E-state index contributed by atoms with van der Waals surface area (Å²) in [6.45, 7) is 39.9. The van der Waals surface area contributed by atoms with E-state index in [4.69, 9.17) is 4.74 Å². The van der Waals surface area contributed by atoms with Gasteiger partial charge in [-0.05, 0) is 144 Å². The lowest BCUT2D eigenvalue weighted by Gasteiger charge is -2.28. The maximum absolute atomic E-state index is 11.9. The van der Waals surface area contributed by atoms with Crippen molar-refractivity contribution in [1.29, 1.82) is 0 Å². The average molecular weight is 1520 g/mol. The van der Waals surface area contributed by atoms with Crippen LogP contribution in [0.25, 0.3) is 0 Å². The molecule has 0 N–H and O–H groups in total. The minimum atomic E-state index is -3.18. The Morgan fingerprint density at radius 3 is 1.39 bits per heavy atom. The molecule has 1 unspecified atom stereocenters. The number of sulfonamides is 1. The number of nitrogens with zero attached hydrogens (tertiary/aromatic N) is 8. The van der Waals surface area contributed by atoms with Gasteiger partial charge in [-0.2, -0.15) is 11.3 Å². The highest BCUT2D eigenvalue weighted by molar-refractivity contribution is 7.94. The van der Waals surface area contributed by atoms with Gasteiger partial charge in [0.05, 0.1) is 57.1 Å². The Labute approximate surface area is 616 Å². The minimum Gasteiger partial charge on any atom is -0.452 e. The Hall–Kier alpha value is -5.26. The third kappa shape index (κ3) is 14.1. The molecule has 16 heterocycles. The number of hydrogen-bond donors (Lipinski definition) is 0. The number of amides is 4. The van der Waals surface area contributed by atoms with Crippen LogP contribution >= 0.6 is 90.7 Å². The first-order chi connectivity index (χ1) is 45.4. The predicted molar refractivity (Wildman–Crippen MR) is 422 cm³/mol. The van der Waals surface area contributed by atoms with Gasteiger partial charge in [0.1, 0.15) is 15.7 Å². The fourth-order valence-corrected chi connectivity index (χ4v) is 25.1. The third-order valence-corrected chi connectivity index (χ3v) is 30.3. The lowest BCUT2D eigenvalue weighted by molar-refractivity contribution is -0.121. The maximum atomic E-state index is 11.9. The van der Waals surface area contributed by atoms with Gasteiger partial charge in [0.25, 0.3) is 0 Å². The first-order valence-electron chi connectivity index (χ1n) is 32.2. The van der Waals surface area contributed by atoms with Crippen LogP contribution in [0.4, 0.5) is 44.6 Å². The molecule has 26 heteroatoms. The lowest BCUT2D eigenvalue weighted by Crippen LogP contribution is -2.33. The molecule has 0 spiro atoms. The first kappa shape index (κ1) is 76.9. The van der Waals surface area contributed by atoms with Crippen LogP contribution in [0.3, 0.4) is 0 Å². The number of carbonyl (C=O) groups is 4. The van der Waals surface area contributed by atoms with Crippen LogP contribution in [0, 0.1) is 0 Å². The number of likely N-dealkylation sites (N-methyl/N-ethyl adjacent to an activating group) is 2. The molecule has 0 bridgehead atoms. The summed E-state index contributed by atoms with van der Waals surface area (Å²) < 4.78 is 42.5. The molecule has 16 rings (SSSR count). The summed E-state index contributed by atoms with van der Waals surface area (Å²) in [5.41, 5.74) is 20.0. The molecule has 4 amide bonds. The first-order valence-corrected chi connectivity index (χ1v) is 42.3. The Kier molecular flexibility index (Phi) is 22.1. The molecule has 8 aliphatic heterocycles. The fraction of sp³-hybridized carbons (Fsp3) is 0.500. The normalized spacial score (nSPS) is 20.9. The van der Waals surface area contributed by atoms with Crippen LogP contribution in [0.5, 0.6) is 0 Å². The molecule has 0 radical (unpaired) electrons. The molecule has 1 atom stereocenters. The summed E-state index contributed by atoms with van der Waals surface area (Å²) in [4.78, 5) is 57.0. The van der Waals surface area contributed by atoms with E-state index >= 15 is 0 Å². The molecule has 0 aliphatic carbocycles. The molecule has 16 nitrogen and oxygen atoms in total. The average Bonchev–Trinajstić information content (AvgIpc) is 1.55. The van der Waals surface area contributed by atoms with Crippen molar-refractivity contribution in [3.63, 3.8) is 0 Å². The van der Waals surface area contributed by atoms with E-state index in [2.05, 4.69) is 152 Å². The number of methoxy groups -OCH3 is 1. The number of ether oxygens (including phenoxy) is 1. The molecular formula is C72H96N8O8S10. The summed E-state index contributed by atoms with van der Waals surface area (Å²) >= 11 is 13.5. The highest BCUT2D eigenvalue weighted by atomic mass is 32.2. The standard InChI is InChI=1S/C10H13NO2S.C10H13NOS.2C9H11NOS.2C9H13NS.C8H11NO2S2.C8H11NOS2/c1-10(2)6-11(9(12)13-3)8-5-14-4-7(8)10;1-7(12)11-6-10(2,3)8-4-13-5-9(8)11;1-9(2)5-10(6-11)8-4-12-3-7(8)9;1-9(2)6-4-12-5-7(6)10(3)8(9)11;1-9(2)6-10(3)8-5-11-4-7(8)9;1-9(2)8-6-11-5-7(8)4-10(9)3;1-8(2)6-4-12-5-7(6)9(3)13(8,10)11;1-8(2)6-4-11-5-7(6)9(3)12(8)10/h4-5H,6H2,1-3H3;4-5H,6H2,1-3H3;3-4,6H,5H2,1-2H3;4-5H,1-3H3;4-5H,6H2,1-3H3;5-6H,4H2,1-3H3;4-5H,1-3H3;4-5H,1-3H3. The summed E-state index contributed by atoms with van der Waals surface area (Å²) in [6, 6.07) is 0. The largest absolute Gasteiger partial charge is 0.452 e. The van der Waals surface area contributed by atoms with Gasteiger partial charge in [-0.3, -0.25) is 32.8 Å². The third-order valence-electron chi connectivity index (χ3n) is 20.2. The molecule has 0 fully saturated rings. The second-order valence-corrected chi connectivity index (χ2v) is 41.0. The van der Waals surface area contributed by atoms with E-state index in [0.29, 0.717) is 12.0 Å². The van der Waals surface area contributed by atoms with Gasteiger partial charge in [-0.1, -0.05) is 55.4 Å². The smallest absolute Gasteiger partial charge is 0.414 e. The van der Waals surface area contributed by atoms with E-state index in [1.165, 1.54) is 61.6 Å². The maximum Gasteiger partial charge on any atom is 0.414 e. The van der Waals surface area contributed by atoms with E-state index in [1.54, 1.807) is 122 Å². The molecule has 532 valence electrons. The highest BCUT2D eigenvalue weighted by Gasteiger charge is 2.49. The van der Waals surface area contributed by atoms with Crippen LogP contribution in [-0.2, 0) is 88.8 Å². The van der Waals surface area contributed by atoms with Gasteiger partial charge in [0.2, 0.25) is 28.2 Å². The Balaban J connectivity index is 0.000000131. The molecule has 8 aromatic rings. The zero-order chi connectivity index (χ0) is 72.6. The highest BCUT2D eigenvalue weighted by Crippen LogP contribution is 2.50. The van der Waals surface area contributed by atoms with E-state index < -0.39 is 25.8 Å². The Morgan fingerprint density at radius 2 is 0.898 bits per heavy atom. The number of thiophene rings is 8. The van der Waals surface area contributed by atoms with Gasteiger partial charge >= 0.3 is 6.09 Å². The molecule has 98 heavy (non-hydrogen) atoms. The zero-order valence-corrected chi connectivity index (χ0v) is 68.9. The van der Waals surface area contributed by atoms with Gasteiger partial charge < -0.3 is 24.3 Å². The van der Waals surface area contributed by atoms with Crippen molar-refractivity contribution < 1.29 is 36.5 Å². The summed E-state index contributed by atoms with van der Waals surface area (Å²) in [7, 11) is 7.01. The van der Waals surface area contributed by atoms with Crippen molar-refractivity contribution in [2.45, 2.75) is 166 Å². The summed E-state index contributed by atoms with van der Waals surface area (Å²) in [5.74, 6) is 0.338. The second kappa shape index (κ2) is 28.2. The number of hydrogen-bond acceptors (Lipinski definition) is 18. The van der Waals surface area contributed by atoms with Crippen molar-refractivity contribution in [2.24, 2.45) is 0 Å². The number of fused-ring (bicyclic) bond motifs is 8. The van der Waals surface area contributed by atoms with Crippen LogP contribution in [0.15, 0.2) is 86.1 Å². The summed E-state index contributed by atoms with van der Waals surface area (Å²) in [5, 5.41) is 33.6. The number of anilines is 7. The van der Waals surface area contributed by atoms with Crippen molar-refractivity contribution in [1.82, 2.24) is 4.90 Å². The van der Waals surface area contributed by atoms with Crippen LogP contribution in [0.2, 0.25) is 0 Å². The second-order valence-electron chi connectivity index (χ2n) is 30.4. The van der Waals surface area contributed by atoms with E-state index in [1.807, 2.05) is 89.2 Å². The van der Waals surface area contributed by atoms with E-state index in [9.17, 15) is 31.8 Å². The van der Waals surface area contributed by atoms with Crippen LogP contribution in [0.1, 0.15) is 168 Å². The number of carbonyl (C=O) groups excluding carboxylic acids is 4. The predicted octanol–water partition coefficient (Wildman–Crippen LogP) is 17.8. The molecule has 8 aliphatic rings. The Bertz CT molecular complexity index is 4270. The van der Waals surface area contributed by atoms with Gasteiger partial charge in [0.15, 0.2) is 0 Å². The fourth-order valence-electron chi connectivity index (χ4n) is 13.7. The van der Waals surface area contributed by atoms with Gasteiger partial charge in [0, 0.05) is 149 Å². The van der Waals surface area contributed by atoms with Crippen LogP contribution < -0.4 is 33.1 Å². The van der Waals surface area contributed by atoms with Gasteiger partial charge in [-0.25, -0.2) is 17.4 Å². The summed E-state index contributed by atoms with van der Waals surface area (Å²) in [6.07, 6.45) is 0.649. The van der Waals surface area contributed by atoms with Crippen molar-refractivity contribution in [2.75, 3.05) is 102 Å². The van der Waals surface area contributed by atoms with Crippen LogP contribution in [-0.4, -0.2) is 110 Å². The Morgan fingerprint density at radius 1 is 0.490 bits per heavy atom. The van der Waals surface area contributed by atoms with E-state index in [-0.39, 0.29) is 49.9 Å². The van der Waals surface area contributed by atoms with Gasteiger partial charge in [-0.15, -0.1) is 79.4 Å².